The third kappa shape index (κ3) is 3.11. The molecule has 8 aromatic carbocycles. The van der Waals surface area contributed by atoms with Gasteiger partial charge in [0, 0.05) is 0 Å². The average Bonchev–Trinajstić information content (AvgIpc) is 3.24. The molecule has 0 atom stereocenters. The normalized spacial score (nSPS) is 20.5. The summed E-state index contributed by atoms with van der Waals surface area (Å²) < 4.78 is 213. The fraction of sp³-hybridized carbons (Fsp3) is 0. The van der Waals surface area contributed by atoms with Crippen LogP contribution < -0.4 is 0 Å². The maximum Gasteiger partial charge on any atom is 0.0636 e. The van der Waals surface area contributed by atoms with Crippen molar-refractivity contribution in [3.63, 3.8) is 0 Å². The van der Waals surface area contributed by atoms with Gasteiger partial charge in [-0.05, 0) is 82.2 Å². The van der Waals surface area contributed by atoms with Gasteiger partial charge in [0.05, 0.1) is 32.9 Å². The number of rotatable bonds is 2. The smallest absolute Gasteiger partial charge is 0.0616 e. The fourth-order valence-corrected chi connectivity index (χ4v) is 4.66. The summed E-state index contributed by atoms with van der Waals surface area (Å²) in [5, 5.41) is -5.98. The molecule has 0 aliphatic heterocycles. The zero-order valence-corrected chi connectivity index (χ0v) is 19.0. The van der Waals surface area contributed by atoms with Crippen LogP contribution in [0, 0.1) is 0 Å². The monoisotopic (exact) mass is 504 g/mol. The van der Waals surface area contributed by atoms with E-state index in [2.05, 4.69) is 0 Å². The van der Waals surface area contributed by atoms with Crippen LogP contribution in [-0.4, -0.2) is 0 Å². The van der Waals surface area contributed by atoms with Gasteiger partial charge < -0.3 is 0 Å². The molecule has 0 bridgehead atoms. The van der Waals surface area contributed by atoms with Crippen molar-refractivity contribution in [2.45, 2.75) is 0 Å². The van der Waals surface area contributed by atoms with E-state index in [-0.39, 0.29) is 0 Å². The molecule has 0 N–H and O–H groups in total. The number of benzene rings is 8. The summed E-state index contributed by atoms with van der Waals surface area (Å²) in [7, 11) is 0. The number of hydrogen-bond acceptors (Lipinski definition) is 0. The SMILES string of the molecule is [2H]c1c([2H])c([2H])c2c(-c3c4c([2H])c([2H])c([2H])c([2H])c4c(-c4c([2H])c([2H])c5c(c4[2H])c([2H])c([2H])c4c([2H])c([2H])c([2H])c([2H])c45)c4c([2H])c([2H])c([2H])c([2H])c34)c([2H])c([2H])c([2H])c2c1[2H]. The van der Waals surface area contributed by atoms with Crippen molar-refractivity contribution in [2.24, 2.45) is 0 Å². The van der Waals surface area contributed by atoms with Gasteiger partial charge in [0.2, 0.25) is 0 Å². The van der Waals surface area contributed by atoms with Crippen LogP contribution in [0.4, 0.5) is 0 Å². The predicted octanol–water partition coefficient (Wildman–Crippen LogP) is 10.8. The molecule has 0 heterocycles. The Morgan fingerprint density at radius 2 is 0.789 bits per heavy atom. The second-order valence-corrected chi connectivity index (χ2v) is 8.25. The maximum absolute atomic E-state index is 9.60. The molecule has 8 aromatic rings. The van der Waals surface area contributed by atoms with E-state index in [0.29, 0.717) is 0 Å². The highest BCUT2D eigenvalue weighted by Crippen LogP contribution is 2.45. The highest BCUT2D eigenvalue weighted by molar-refractivity contribution is 6.24. The second-order valence-electron chi connectivity index (χ2n) is 8.25. The Morgan fingerprint density at radius 1 is 0.316 bits per heavy atom. The van der Waals surface area contributed by atoms with E-state index in [1.807, 2.05) is 0 Å². The predicted molar refractivity (Wildman–Crippen MR) is 165 cm³/mol. The minimum absolute atomic E-state index is 0.470. The largest absolute Gasteiger partial charge is 0.0636 e. The van der Waals surface area contributed by atoms with Gasteiger partial charge in [-0.25, -0.2) is 0 Å². The van der Waals surface area contributed by atoms with Gasteiger partial charge in [-0.3, -0.25) is 0 Å². The van der Waals surface area contributed by atoms with Crippen LogP contribution in [0.25, 0.3) is 76.1 Å². The van der Waals surface area contributed by atoms with Crippen molar-refractivity contribution in [1.29, 1.82) is 0 Å². The zero-order valence-electron chi connectivity index (χ0n) is 43.0. The lowest BCUT2D eigenvalue weighted by atomic mass is 9.84. The van der Waals surface area contributed by atoms with Crippen LogP contribution in [0.2, 0.25) is 0 Å². The molecule has 176 valence electrons. The summed E-state index contributed by atoms with van der Waals surface area (Å²) in [5.41, 5.74) is -2.75. The van der Waals surface area contributed by atoms with Crippen molar-refractivity contribution in [2.75, 3.05) is 0 Å². The van der Waals surface area contributed by atoms with Crippen LogP contribution in [0.3, 0.4) is 0 Å². The molecular formula is C38H24. The van der Waals surface area contributed by atoms with Gasteiger partial charge in [-0.15, -0.1) is 0 Å². The highest BCUT2D eigenvalue weighted by atomic mass is 14.2. The Balaban J connectivity index is 1.79. The van der Waals surface area contributed by atoms with Crippen LogP contribution in [0.5, 0.6) is 0 Å². The third-order valence-corrected chi connectivity index (χ3v) is 6.25. The summed E-state index contributed by atoms with van der Waals surface area (Å²) in [6.45, 7) is 0. The number of fused-ring (bicyclic) bond motifs is 6. The van der Waals surface area contributed by atoms with Crippen LogP contribution in [0.15, 0.2) is 145 Å². The molecule has 0 nitrogen and oxygen atoms in total. The molecule has 0 aliphatic carbocycles. The zero-order chi connectivity index (χ0) is 45.9. The molecule has 0 unspecified atom stereocenters. The summed E-state index contributed by atoms with van der Waals surface area (Å²) in [5.74, 6) is 0. The molecule has 0 saturated carbocycles. The van der Waals surface area contributed by atoms with Crippen LogP contribution in [0.1, 0.15) is 32.9 Å². The van der Waals surface area contributed by atoms with Gasteiger partial charge in [0.25, 0.3) is 0 Å². The molecule has 0 spiro atoms. The minimum Gasteiger partial charge on any atom is -0.0616 e. The number of hydrogen-bond donors (Lipinski definition) is 0. The lowest BCUT2D eigenvalue weighted by Gasteiger charge is -2.19. The first kappa shape index (κ1) is 8.28. The summed E-state index contributed by atoms with van der Waals surface area (Å²) >= 11 is 0. The average molecular weight is 505 g/mol. The van der Waals surface area contributed by atoms with E-state index in [1.165, 1.54) is 0 Å². The lowest BCUT2D eigenvalue weighted by Crippen LogP contribution is -1.91. The molecular weight excluding hydrogens is 456 g/mol. The Morgan fingerprint density at radius 3 is 1.47 bits per heavy atom. The van der Waals surface area contributed by atoms with E-state index in [0.717, 1.165) is 0 Å². The quantitative estimate of drug-likeness (QED) is 0.162. The molecule has 0 radical (unpaired) electrons. The van der Waals surface area contributed by atoms with Crippen molar-refractivity contribution >= 4 is 53.9 Å². The highest BCUT2D eigenvalue weighted by Gasteiger charge is 2.18. The van der Waals surface area contributed by atoms with Crippen LogP contribution in [-0.2, 0) is 0 Å². The van der Waals surface area contributed by atoms with Gasteiger partial charge in [0.15, 0.2) is 0 Å². The third-order valence-electron chi connectivity index (χ3n) is 6.25. The summed E-state index contributed by atoms with van der Waals surface area (Å²) in [6, 6.07) is -21.0. The molecule has 0 saturated heterocycles. The standard InChI is InChI=1S/C38H24/c1-4-14-30-25(10-1)12-9-19-32(30)38-35-17-7-5-15-33(35)37(34-16-6-8-18-36(34)38)28-22-23-31-27(24-28)21-20-26-11-2-3-13-29(26)31/h1-24H/i1D,2D,3D,4D,5D,6D,7D,8D,9D,10D,11D,12D,13D,14D,15D,16D,17D,18D,19D,20D,21D,22D,23D,24D. The van der Waals surface area contributed by atoms with Crippen molar-refractivity contribution in [3.05, 3.63) is 145 Å². The molecule has 38 heavy (non-hydrogen) atoms. The van der Waals surface area contributed by atoms with Gasteiger partial charge in [-0.2, -0.15) is 0 Å². The van der Waals surface area contributed by atoms with Crippen molar-refractivity contribution < 1.29 is 32.9 Å². The van der Waals surface area contributed by atoms with Gasteiger partial charge >= 0.3 is 0 Å². The van der Waals surface area contributed by atoms with Crippen LogP contribution >= 0.6 is 0 Å². The second kappa shape index (κ2) is 8.30. The Bertz CT molecular complexity index is 3410. The molecule has 8 rings (SSSR count). The maximum atomic E-state index is 9.60. The van der Waals surface area contributed by atoms with Crippen molar-refractivity contribution in [3.8, 4) is 22.3 Å². The first-order valence-corrected chi connectivity index (χ1v) is 11.2. The summed E-state index contributed by atoms with van der Waals surface area (Å²) in [4.78, 5) is 0. The molecule has 0 aliphatic rings. The molecule has 0 amide bonds. The van der Waals surface area contributed by atoms with Gasteiger partial charge in [-0.1, -0.05) is 139 Å². The lowest BCUT2D eigenvalue weighted by molar-refractivity contribution is 1.68. The summed E-state index contributed by atoms with van der Waals surface area (Å²) in [6.07, 6.45) is 0. The molecule has 0 fully saturated rings. The van der Waals surface area contributed by atoms with E-state index in [1.54, 1.807) is 0 Å². The molecule has 0 aromatic heterocycles. The first-order chi connectivity index (χ1) is 28.9. The minimum atomic E-state index is -0.962. The van der Waals surface area contributed by atoms with Crippen molar-refractivity contribution in [1.82, 2.24) is 0 Å². The topological polar surface area (TPSA) is 0 Å². The first-order valence-electron chi connectivity index (χ1n) is 23.2. The molecule has 0 heteroatoms. The van der Waals surface area contributed by atoms with E-state index in [4.69, 9.17) is 21.9 Å². The van der Waals surface area contributed by atoms with Gasteiger partial charge in [0.1, 0.15) is 0 Å². The van der Waals surface area contributed by atoms with E-state index < -0.39 is 221 Å². The Hall–Kier alpha value is -4.94. The Labute approximate surface area is 255 Å². The fourth-order valence-electron chi connectivity index (χ4n) is 4.66. The van der Waals surface area contributed by atoms with E-state index in [9.17, 15) is 11.0 Å². The van der Waals surface area contributed by atoms with E-state index >= 15 is 0 Å². The Kier molecular flexibility index (Phi) is 1.81.